The highest BCUT2D eigenvalue weighted by Gasteiger charge is 2.41. The molecule has 0 saturated carbocycles. The Kier molecular flexibility index (Phi) is 13.9. The van der Waals surface area contributed by atoms with Crippen LogP contribution in [0.15, 0.2) is 48.0 Å². The van der Waals surface area contributed by atoms with Gasteiger partial charge in [0.2, 0.25) is 11.8 Å². The molecule has 1 aliphatic rings. The third-order valence-corrected chi connectivity index (χ3v) is 8.17. The first-order chi connectivity index (χ1) is 20.7. The molecule has 0 bridgehead atoms. The number of unbranched alkanes of at least 4 members (excludes halogenated alkanes) is 4. The van der Waals surface area contributed by atoms with Gasteiger partial charge in [0.05, 0.1) is 23.3 Å². The Bertz CT molecular complexity index is 1290. The highest BCUT2D eigenvalue weighted by molar-refractivity contribution is 14.1. The van der Waals surface area contributed by atoms with Crippen molar-refractivity contribution in [1.29, 1.82) is 0 Å². The van der Waals surface area contributed by atoms with E-state index in [9.17, 15) is 29.0 Å². The maximum Gasteiger partial charge on any atom is 0.247 e. The highest BCUT2D eigenvalue weighted by atomic mass is 127. The fourth-order valence-corrected chi connectivity index (χ4v) is 5.81. The van der Waals surface area contributed by atoms with Crippen LogP contribution in [0.1, 0.15) is 67.8 Å². The first kappa shape index (κ1) is 34.5. The van der Waals surface area contributed by atoms with Crippen LogP contribution in [0.2, 0.25) is 0 Å². The van der Waals surface area contributed by atoms with Crippen molar-refractivity contribution >= 4 is 40.7 Å². The van der Waals surface area contributed by atoms with Crippen molar-refractivity contribution in [3.05, 3.63) is 68.6 Å². The lowest BCUT2D eigenvalue weighted by molar-refractivity contribution is -0.139. The molecule has 234 valence electrons. The summed E-state index contributed by atoms with van der Waals surface area (Å²) in [7, 11) is 1.42. The molecular formula is C32H40FIN2O7. The summed E-state index contributed by atoms with van der Waals surface area (Å²) in [5, 5.41) is 23.6. The second kappa shape index (κ2) is 17.3. The largest absolute Gasteiger partial charge is 0.493 e. The third kappa shape index (κ3) is 9.48. The second-order valence-corrected chi connectivity index (χ2v) is 11.6. The molecule has 9 nitrogen and oxygen atoms in total. The maximum absolute atomic E-state index is 14.8. The van der Waals surface area contributed by atoms with Crippen LogP contribution in [0.25, 0.3) is 0 Å². The number of methoxy groups -OCH3 is 1. The van der Waals surface area contributed by atoms with Gasteiger partial charge in [-0.1, -0.05) is 50.8 Å². The van der Waals surface area contributed by atoms with E-state index >= 15 is 0 Å². The smallest absolute Gasteiger partial charge is 0.247 e. The molecule has 1 aliphatic carbocycles. The number of nitrogens with zero attached hydrogens (tertiary/aromatic N) is 1. The van der Waals surface area contributed by atoms with Gasteiger partial charge >= 0.3 is 0 Å². The number of benzene rings is 2. The molecule has 3 N–H and O–H groups in total. The summed E-state index contributed by atoms with van der Waals surface area (Å²) in [4.78, 5) is 39.7. The van der Waals surface area contributed by atoms with Gasteiger partial charge in [-0.05, 0) is 53.3 Å². The van der Waals surface area contributed by atoms with Gasteiger partial charge in [-0.15, -0.1) is 0 Å². The van der Waals surface area contributed by atoms with Crippen molar-refractivity contribution in [2.45, 2.75) is 76.7 Å². The lowest BCUT2D eigenvalue weighted by atomic mass is 9.87. The molecule has 2 amide bonds. The zero-order valence-electron chi connectivity index (χ0n) is 24.6. The zero-order valence-corrected chi connectivity index (χ0v) is 26.7. The van der Waals surface area contributed by atoms with Crippen molar-refractivity contribution in [1.82, 2.24) is 10.2 Å². The first-order valence-corrected chi connectivity index (χ1v) is 15.6. The normalized spacial score (nSPS) is 18.0. The number of aliphatic hydroxyl groups is 2. The second-order valence-electron chi connectivity index (χ2n) is 10.4. The lowest BCUT2D eigenvalue weighted by Gasteiger charge is -2.41. The van der Waals surface area contributed by atoms with Crippen LogP contribution in [0.4, 0.5) is 4.39 Å². The quantitative estimate of drug-likeness (QED) is 0.133. The molecule has 0 aromatic heterocycles. The van der Waals surface area contributed by atoms with Crippen LogP contribution in [0.5, 0.6) is 11.5 Å². The topological polar surface area (TPSA) is 125 Å². The van der Waals surface area contributed by atoms with Crippen LogP contribution >= 0.6 is 22.6 Å². The number of nitrogens with one attached hydrogen (secondary N) is 1. The van der Waals surface area contributed by atoms with Crippen LogP contribution < -0.4 is 14.8 Å². The minimum absolute atomic E-state index is 0.00732. The van der Waals surface area contributed by atoms with Crippen molar-refractivity contribution in [3.63, 3.8) is 0 Å². The van der Waals surface area contributed by atoms with Gasteiger partial charge in [-0.25, -0.2) is 4.39 Å². The summed E-state index contributed by atoms with van der Waals surface area (Å²) < 4.78 is 27.0. The predicted octanol–water partition coefficient (Wildman–Crippen LogP) is 4.56. The monoisotopic (exact) mass is 710 g/mol. The molecule has 0 saturated heterocycles. The molecule has 2 aromatic rings. The molecule has 0 radical (unpaired) electrons. The zero-order chi connectivity index (χ0) is 31.4. The van der Waals surface area contributed by atoms with E-state index in [1.807, 2.05) is 22.6 Å². The van der Waals surface area contributed by atoms with Gasteiger partial charge in [0.15, 0.2) is 11.5 Å². The Hall–Kier alpha value is -3.03. The third-order valence-electron chi connectivity index (χ3n) is 7.37. The number of amides is 2. The van der Waals surface area contributed by atoms with Gasteiger partial charge in [-0.2, -0.15) is 0 Å². The number of rotatable bonds is 16. The van der Waals surface area contributed by atoms with E-state index in [-0.39, 0.29) is 61.1 Å². The number of ether oxygens (including phenoxy) is 2. The molecule has 43 heavy (non-hydrogen) atoms. The fourth-order valence-electron chi connectivity index (χ4n) is 5.06. The van der Waals surface area contributed by atoms with Crippen LogP contribution in [0, 0.1) is 9.39 Å². The van der Waals surface area contributed by atoms with Gasteiger partial charge in [0.25, 0.3) is 0 Å². The number of aldehydes is 1. The molecule has 2 aromatic carbocycles. The molecule has 0 heterocycles. The fraction of sp³-hybridized carbons (Fsp3) is 0.469. The summed E-state index contributed by atoms with van der Waals surface area (Å²) in [6, 6.07) is 8.33. The molecule has 3 atom stereocenters. The van der Waals surface area contributed by atoms with E-state index in [4.69, 9.17) is 9.47 Å². The molecule has 0 fully saturated rings. The number of aliphatic hydroxyl groups excluding tert-OH is 2. The SMILES string of the molecule is CCCCCCCC(=O)N(Cc1ccccc1F)C1CC(C(=O)NCCO)=CC(Oc2c(I)cc(C=O)cc2OC)C1O. The van der Waals surface area contributed by atoms with Gasteiger partial charge in [0.1, 0.15) is 24.3 Å². The van der Waals surface area contributed by atoms with Crippen LogP contribution in [-0.4, -0.2) is 71.7 Å². The Morgan fingerprint density at radius 1 is 1.19 bits per heavy atom. The Morgan fingerprint density at radius 2 is 1.93 bits per heavy atom. The molecule has 0 aliphatic heterocycles. The molecular weight excluding hydrogens is 670 g/mol. The highest BCUT2D eigenvalue weighted by Crippen LogP contribution is 2.37. The predicted molar refractivity (Wildman–Crippen MR) is 168 cm³/mol. The van der Waals surface area contributed by atoms with Crippen molar-refractivity contribution < 1.29 is 38.5 Å². The summed E-state index contributed by atoms with van der Waals surface area (Å²) >= 11 is 1.99. The lowest BCUT2D eigenvalue weighted by Crippen LogP contribution is -2.54. The Morgan fingerprint density at radius 3 is 2.60 bits per heavy atom. The van der Waals surface area contributed by atoms with Gasteiger partial charge in [-0.3, -0.25) is 14.4 Å². The minimum atomic E-state index is -1.29. The van der Waals surface area contributed by atoms with E-state index in [2.05, 4.69) is 12.2 Å². The Balaban J connectivity index is 2.00. The summed E-state index contributed by atoms with van der Waals surface area (Å²) in [6.45, 7) is 1.76. The van der Waals surface area contributed by atoms with Crippen LogP contribution in [0.3, 0.4) is 0 Å². The standard InChI is InChI=1S/C32H40FIN2O7/c1-3-4-5-6-7-12-29(39)36(19-22-10-8-9-11-24(22)33)26-17-23(32(41)35-13-14-37)18-27(30(26)40)43-31-25(34)15-21(20-38)16-28(31)42-2/h8-11,15-16,18,20,26-27,30,37,40H,3-7,12-14,17,19H2,1-2H3,(H,35,41). The van der Waals surface area contributed by atoms with Crippen molar-refractivity contribution in [3.8, 4) is 11.5 Å². The summed E-state index contributed by atoms with van der Waals surface area (Å²) in [5.74, 6) is -0.702. The van der Waals surface area contributed by atoms with Gasteiger partial charge in [0, 0.05) is 42.6 Å². The number of hydrogen-bond acceptors (Lipinski definition) is 7. The van der Waals surface area contributed by atoms with Gasteiger partial charge < -0.3 is 29.9 Å². The summed E-state index contributed by atoms with van der Waals surface area (Å²) in [5.41, 5.74) is 0.908. The van der Waals surface area contributed by atoms with E-state index < -0.39 is 30.0 Å². The number of halogens is 2. The number of carbonyl (C=O) groups excluding carboxylic acids is 3. The Labute approximate surface area is 265 Å². The molecule has 0 spiro atoms. The van der Waals surface area contributed by atoms with E-state index in [0.717, 1.165) is 25.7 Å². The number of hydrogen-bond donors (Lipinski definition) is 3. The maximum atomic E-state index is 14.8. The van der Waals surface area contributed by atoms with E-state index in [1.54, 1.807) is 24.3 Å². The minimum Gasteiger partial charge on any atom is -0.493 e. The molecule has 3 unspecified atom stereocenters. The molecule has 3 rings (SSSR count). The molecule has 11 heteroatoms. The average molecular weight is 711 g/mol. The van der Waals surface area contributed by atoms with E-state index in [0.29, 0.717) is 21.8 Å². The summed E-state index contributed by atoms with van der Waals surface area (Å²) in [6.07, 6.45) is 4.64. The average Bonchev–Trinajstić information content (AvgIpc) is 3.01. The first-order valence-electron chi connectivity index (χ1n) is 14.5. The van der Waals surface area contributed by atoms with Crippen LogP contribution in [-0.2, 0) is 16.1 Å². The number of carbonyl (C=O) groups is 3. The van der Waals surface area contributed by atoms with Crippen molar-refractivity contribution in [2.24, 2.45) is 0 Å². The van der Waals surface area contributed by atoms with Crippen molar-refractivity contribution in [2.75, 3.05) is 20.3 Å². The van der Waals surface area contributed by atoms with E-state index in [1.165, 1.54) is 30.2 Å².